The van der Waals surface area contributed by atoms with Gasteiger partial charge in [-0.15, -0.1) is 0 Å². The van der Waals surface area contributed by atoms with E-state index in [0.717, 1.165) is 36.1 Å². The summed E-state index contributed by atoms with van der Waals surface area (Å²) in [6.07, 6.45) is 4.10. The van der Waals surface area contributed by atoms with Crippen molar-refractivity contribution in [1.82, 2.24) is 9.29 Å². The van der Waals surface area contributed by atoms with Crippen LogP contribution in [0.4, 0.5) is 5.82 Å². The van der Waals surface area contributed by atoms with Crippen molar-refractivity contribution in [3.8, 4) is 0 Å². The third-order valence-electron chi connectivity index (χ3n) is 5.82. The Hall–Kier alpha value is -2.45. The molecule has 3 heterocycles. The van der Waals surface area contributed by atoms with Gasteiger partial charge in [0.05, 0.1) is 0 Å². The van der Waals surface area contributed by atoms with Crippen LogP contribution in [0.25, 0.3) is 0 Å². The Bertz CT molecular complexity index is 1040. The van der Waals surface area contributed by atoms with Gasteiger partial charge in [-0.2, -0.15) is 4.31 Å². The van der Waals surface area contributed by atoms with Crippen LogP contribution >= 0.6 is 0 Å². The molecule has 2 aliphatic rings. The molecule has 0 saturated carbocycles. The number of benzene rings is 1. The third kappa shape index (κ3) is 3.86. The Morgan fingerprint density at radius 3 is 2.93 bits per heavy atom. The molecule has 1 atom stereocenters. The lowest BCUT2D eigenvalue weighted by atomic mass is 10.0. The van der Waals surface area contributed by atoms with Gasteiger partial charge in [0.25, 0.3) is 0 Å². The van der Waals surface area contributed by atoms with Crippen LogP contribution in [-0.2, 0) is 27.8 Å². The Morgan fingerprint density at radius 1 is 1.31 bits per heavy atom. The molecular formula is C21H25N3O4S. The number of aromatic nitrogens is 1. The Kier molecular flexibility index (Phi) is 5.31. The highest BCUT2D eigenvalue weighted by Gasteiger charge is 2.40. The molecule has 1 aromatic heterocycles. The fraction of sp³-hybridized carbons (Fsp3) is 0.429. The van der Waals surface area contributed by atoms with E-state index in [0.29, 0.717) is 18.8 Å². The van der Waals surface area contributed by atoms with E-state index in [1.165, 1.54) is 0 Å². The fourth-order valence-corrected chi connectivity index (χ4v) is 5.82. The molecule has 29 heavy (non-hydrogen) atoms. The minimum absolute atomic E-state index is 0.0561. The largest absolute Gasteiger partial charge is 0.481 e. The number of aliphatic carboxylic acids is 1. The number of carboxylic acids is 1. The van der Waals surface area contributed by atoms with Crippen molar-refractivity contribution < 1.29 is 18.3 Å². The summed E-state index contributed by atoms with van der Waals surface area (Å²) >= 11 is 0. The van der Waals surface area contributed by atoms with Gasteiger partial charge in [0.15, 0.2) is 0 Å². The summed E-state index contributed by atoms with van der Waals surface area (Å²) in [6, 6.07) is 9.22. The van der Waals surface area contributed by atoms with Crippen molar-refractivity contribution >= 4 is 21.8 Å². The van der Waals surface area contributed by atoms with Crippen LogP contribution < -0.4 is 4.90 Å². The number of fused-ring (bicyclic) bond motifs is 3. The lowest BCUT2D eigenvalue weighted by Crippen LogP contribution is -2.39. The lowest BCUT2D eigenvalue weighted by molar-refractivity contribution is -0.136. The average molecular weight is 416 g/mol. The standard InChI is InChI=1S/C21H25N3O4S/c1-15-6-7-16(8-9-20(25)26)12-17(15)13-23-14-18-4-3-11-24(18)21-19(29(23,27)28)5-2-10-22-21/h2,5-7,10,12,18H,3-4,8-9,11,13-14H2,1H3,(H,25,26)/t18-/m1/s1. The highest BCUT2D eigenvalue weighted by Crippen LogP contribution is 2.36. The molecule has 2 aromatic rings. The summed E-state index contributed by atoms with van der Waals surface area (Å²) in [5.41, 5.74) is 2.82. The van der Waals surface area contributed by atoms with Crippen LogP contribution in [0.5, 0.6) is 0 Å². The zero-order chi connectivity index (χ0) is 20.6. The van der Waals surface area contributed by atoms with Crippen molar-refractivity contribution in [2.75, 3.05) is 18.0 Å². The molecule has 0 spiro atoms. The van der Waals surface area contributed by atoms with E-state index in [1.807, 2.05) is 25.1 Å². The van der Waals surface area contributed by atoms with Gasteiger partial charge in [0.1, 0.15) is 10.7 Å². The number of anilines is 1. The first-order chi connectivity index (χ1) is 13.9. The van der Waals surface area contributed by atoms with E-state index < -0.39 is 16.0 Å². The molecule has 0 unspecified atom stereocenters. The summed E-state index contributed by atoms with van der Waals surface area (Å²) in [6.45, 7) is 3.48. The molecule has 1 aromatic carbocycles. The minimum atomic E-state index is -3.68. The summed E-state index contributed by atoms with van der Waals surface area (Å²) in [4.78, 5) is 17.7. The van der Waals surface area contributed by atoms with Gasteiger partial charge in [0, 0.05) is 38.3 Å². The molecule has 4 rings (SSSR count). The topological polar surface area (TPSA) is 90.8 Å². The number of sulfonamides is 1. The normalized spacial score (nSPS) is 20.7. The number of hydrogen-bond acceptors (Lipinski definition) is 5. The maximum atomic E-state index is 13.5. The highest BCUT2D eigenvalue weighted by atomic mass is 32.2. The van der Waals surface area contributed by atoms with Crippen LogP contribution in [0.2, 0.25) is 0 Å². The number of carbonyl (C=O) groups is 1. The molecule has 0 radical (unpaired) electrons. The monoisotopic (exact) mass is 415 g/mol. The van der Waals surface area contributed by atoms with Crippen molar-refractivity contribution in [3.63, 3.8) is 0 Å². The molecule has 0 bridgehead atoms. The predicted octanol–water partition coefficient (Wildman–Crippen LogP) is 2.58. The van der Waals surface area contributed by atoms with Crippen LogP contribution in [0.15, 0.2) is 41.4 Å². The van der Waals surface area contributed by atoms with E-state index in [2.05, 4.69) is 9.88 Å². The van der Waals surface area contributed by atoms with Crippen LogP contribution in [0.3, 0.4) is 0 Å². The van der Waals surface area contributed by atoms with Crippen molar-refractivity contribution in [1.29, 1.82) is 0 Å². The van der Waals surface area contributed by atoms with E-state index in [-0.39, 0.29) is 23.9 Å². The van der Waals surface area contributed by atoms with Crippen molar-refractivity contribution in [2.24, 2.45) is 0 Å². The molecule has 1 N–H and O–H groups in total. The molecule has 1 saturated heterocycles. The van der Waals surface area contributed by atoms with Gasteiger partial charge in [-0.3, -0.25) is 4.79 Å². The summed E-state index contributed by atoms with van der Waals surface area (Å²) in [5, 5.41) is 8.94. The van der Waals surface area contributed by atoms with E-state index >= 15 is 0 Å². The third-order valence-corrected chi connectivity index (χ3v) is 7.65. The van der Waals surface area contributed by atoms with Crippen LogP contribution in [-0.4, -0.2) is 47.9 Å². The Balaban J connectivity index is 1.68. The second kappa shape index (κ2) is 7.76. The molecule has 7 nitrogen and oxygen atoms in total. The van der Waals surface area contributed by atoms with Crippen molar-refractivity contribution in [2.45, 2.75) is 50.1 Å². The smallest absolute Gasteiger partial charge is 0.303 e. The quantitative estimate of drug-likeness (QED) is 0.807. The van der Waals surface area contributed by atoms with E-state index in [9.17, 15) is 13.2 Å². The predicted molar refractivity (Wildman–Crippen MR) is 109 cm³/mol. The number of aryl methyl sites for hydroxylation is 2. The maximum Gasteiger partial charge on any atom is 0.303 e. The maximum absolute atomic E-state index is 13.5. The molecule has 0 amide bonds. The first kappa shape index (κ1) is 19.8. The average Bonchev–Trinajstić information content (AvgIpc) is 3.13. The molecule has 154 valence electrons. The molecule has 2 aliphatic heterocycles. The van der Waals surface area contributed by atoms with Gasteiger partial charge in [0.2, 0.25) is 10.0 Å². The van der Waals surface area contributed by atoms with Gasteiger partial charge < -0.3 is 10.0 Å². The zero-order valence-corrected chi connectivity index (χ0v) is 17.2. The summed E-state index contributed by atoms with van der Waals surface area (Å²) in [7, 11) is -3.68. The molecule has 8 heteroatoms. The van der Waals surface area contributed by atoms with Gasteiger partial charge in [-0.25, -0.2) is 13.4 Å². The number of hydrogen-bond donors (Lipinski definition) is 1. The zero-order valence-electron chi connectivity index (χ0n) is 16.4. The molecular weight excluding hydrogens is 390 g/mol. The first-order valence-corrected chi connectivity index (χ1v) is 11.3. The molecule has 1 fully saturated rings. The van der Waals surface area contributed by atoms with Gasteiger partial charge >= 0.3 is 5.97 Å². The Morgan fingerprint density at radius 2 is 2.14 bits per heavy atom. The number of carboxylic acid groups (broad SMARTS) is 1. The van der Waals surface area contributed by atoms with Gasteiger partial charge in [-0.1, -0.05) is 18.2 Å². The van der Waals surface area contributed by atoms with E-state index in [1.54, 1.807) is 22.6 Å². The number of nitrogens with zero attached hydrogens (tertiary/aromatic N) is 3. The minimum Gasteiger partial charge on any atom is -0.481 e. The SMILES string of the molecule is Cc1ccc(CCC(=O)O)cc1CN1C[C@H]2CCCN2c2ncccc2S1(=O)=O. The highest BCUT2D eigenvalue weighted by molar-refractivity contribution is 7.89. The second-order valence-electron chi connectivity index (χ2n) is 7.77. The van der Waals surface area contributed by atoms with Crippen molar-refractivity contribution in [3.05, 3.63) is 53.2 Å². The fourth-order valence-electron chi connectivity index (χ4n) is 4.22. The summed E-state index contributed by atoms with van der Waals surface area (Å²) < 4.78 is 28.5. The Labute approximate surface area is 171 Å². The lowest BCUT2D eigenvalue weighted by Gasteiger charge is -2.26. The number of rotatable bonds is 5. The van der Waals surface area contributed by atoms with Crippen LogP contribution in [0.1, 0.15) is 36.0 Å². The van der Waals surface area contributed by atoms with Crippen LogP contribution in [0, 0.1) is 6.92 Å². The van der Waals surface area contributed by atoms with Gasteiger partial charge in [-0.05, 0) is 55.0 Å². The molecule has 0 aliphatic carbocycles. The first-order valence-electron chi connectivity index (χ1n) is 9.88. The number of pyridine rings is 1. The second-order valence-corrected chi connectivity index (χ2v) is 9.67. The van der Waals surface area contributed by atoms with E-state index in [4.69, 9.17) is 5.11 Å². The summed E-state index contributed by atoms with van der Waals surface area (Å²) in [5.74, 6) is -0.280.